The number of hydrogen-bond acceptors (Lipinski definition) is 3. The van der Waals surface area contributed by atoms with Gasteiger partial charge in [-0.3, -0.25) is 4.79 Å². The molecule has 0 bridgehead atoms. The van der Waals surface area contributed by atoms with Crippen LogP contribution in [0.15, 0.2) is 54.6 Å². The van der Waals surface area contributed by atoms with Crippen LogP contribution in [0.25, 0.3) is 0 Å². The zero-order valence-corrected chi connectivity index (χ0v) is 15.8. The minimum absolute atomic E-state index is 0.00437. The standard InChI is InChI=1S/C21H23F2N3O3/c22-20(23)29-18-8-6-15(7-9-18)14-19(27)24-17-10-12-26(13-11-17)21(28)25-16-4-2-1-3-5-16/h1-9,17,20H,10-14H2,(H,24,27)(H,25,28). The first-order valence-corrected chi connectivity index (χ1v) is 9.43. The fourth-order valence-electron chi connectivity index (χ4n) is 3.20. The first-order valence-electron chi connectivity index (χ1n) is 9.43. The number of halogens is 2. The number of urea groups is 1. The third-order valence-electron chi connectivity index (χ3n) is 4.69. The van der Waals surface area contributed by atoms with Gasteiger partial charge in [0.05, 0.1) is 6.42 Å². The van der Waals surface area contributed by atoms with E-state index in [1.54, 1.807) is 17.0 Å². The number of para-hydroxylation sites is 1. The third kappa shape index (κ3) is 6.44. The first-order chi connectivity index (χ1) is 14.0. The largest absolute Gasteiger partial charge is 0.435 e. The number of anilines is 1. The minimum atomic E-state index is -2.87. The Labute approximate surface area is 167 Å². The van der Waals surface area contributed by atoms with E-state index in [9.17, 15) is 18.4 Å². The van der Waals surface area contributed by atoms with E-state index in [1.807, 2.05) is 30.3 Å². The quantitative estimate of drug-likeness (QED) is 0.774. The Kier molecular flexibility index (Phi) is 6.99. The summed E-state index contributed by atoms with van der Waals surface area (Å²) in [4.78, 5) is 26.3. The van der Waals surface area contributed by atoms with Gasteiger partial charge in [-0.1, -0.05) is 30.3 Å². The third-order valence-corrected chi connectivity index (χ3v) is 4.69. The number of hydrogen-bond donors (Lipinski definition) is 2. The van der Waals surface area contributed by atoms with Crippen molar-refractivity contribution >= 4 is 17.6 Å². The monoisotopic (exact) mass is 403 g/mol. The van der Waals surface area contributed by atoms with E-state index in [2.05, 4.69) is 15.4 Å². The van der Waals surface area contributed by atoms with Gasteiger partial charge in [-0.05, 0) is 42.7 Å². The molecule has 1 fully saturated rings. The van der Waals surface area contributed by atoms with Gasteiger partial charge in [0, 0.05) is 24.8 Å². The molecule has 0 aliphatic carbocycles. The fourth-order valence-corrected chi connectivity index (χ4v) is 3.20. The first kappa shape index (κ1) is 20.6. The van der Waals surface area contributed by atoms with Crippen molar-refractivity contribution in [3.05, 3.63) is 60.2 Å². The molecule has 0 radical (unpaired) electrons. The molecular weight excluding hydrogens is 380 g/mol. The molecule has 1 heterocycles. The predicted octanol–water partition coefficient (Wildman–Crippen LogP) is 3.64. The minimum Gasteiger partial charge on any atom is -0.435 e. The van der Waals surface area contributed by atoms with Crippen LogP contribution in [0.3, 0.4) is 0 Å². The Morgan fingerprint density at radius 1 is 1.03 bits per heavy atom. The Morgan fingerprint density at radius 2 is 1.69 bits per heavy atom. The normalized spacial score (nSPS) is 14.5. The van der Waals surface area contributed by atoms with Crippen molar-refractivity contribution in [2.24, 2.45) is 0 Å². The number of likely N-dealkylation sites (tertiary alicyclic amines) is 1. The topological polar surface area (TPSA) is 70.7 Å². The van der Waals surface area contributed by atoms with Gasteiger partial charge in [-0.25, -0.2) is 4.79 Å². The van der Waals surface area contributed by atoms with Gasteiger partial charge >= 0.3 is 12.6 Å². The summed E-state index contributed by atoms with van der Waals surface area (Å²) >= 11 is 0. The second-order valence-electron chi connectivity index (χ2n) is 6.82. The van der Waals surface area contributed by atoms with Crippen LogP contribution >= 0.6 is 0 Å². The maximum Gasteiger partial charge on any atom is 0.387 e. The van der Waals surface area contributed by atoms with Crippen LogP contribution in [0.4, 0.5) is 19.3 Å². The van der Waals surface area contributed by atoms with Crippen molar-refractivity contribution < 1.29 is 23.1 Å². The summed E-state index contributed by atoms with van der Waals surface area (Å²) in [5, 5.41) is 5.83. The molecule has 1 aliphatic heterocycles. The molecule has 3 rings (SSSR count). The highest BCUT2D eigenvalue weighted by atomic mass is 19.3. The van der Waals surface area contributed by atoms with Crippen LogP contribution in [0.2, 0.25) is 0 Å². The van der Waals surface area contributed by atoms with Crippen molar-refractivity contribution in [3.63, 3.8) is 0 Å². The predicted molar refractivity (Wildman–Crippen MR) is 105 cm³/mol. The van der Waals surface area contributed by atoms with Crippen molar-refractivity contribution in [1.82, 2.24) is 10.2 Å². The average molecular weight is 403 g/mol. The molecule has 0 unspecified atom stereocenters. The Morgan fingerprint density at radius 3 is 2.31 bits per heavy atom. The number of piperidine rings is 1. The molecule has 0 spiro atoms. The smallest absolute Gasteiger partial charge is 0.387 e. The number of amides is 3. The maximum atomic E-state index is 12.3. The average Bonchev–Trinajstić information content (AvgIpc) is 2.70. The number of alkyl halides is 2. The van der Waals surface area contributed by atoms with Gasteiger partial charge in [0.15, 0.2) is 0 Å². The number of nitrogens with one attached hydrogen (secondary N) is 2. The summed E-state index contributed by atoms with van der Waals surface area (Å²) in [6, 6.07) is 15.1. The molecule has 1 saturated heterocycles. The van der Waals surface area contributed by atoms with E-state index in [-0.39, 0.29) is 30.2 Å². The Balaban J connectivity index is 1.40. The van der Waals surface area contributed by atoms with E-state index < -0.39 is 6.61 Å². The lowest BCUT2D eigenvalue weighted by Gasteiger charge is -2.32. The molecule has 1 aliphatic rings. The van der Waals surface area contributed by atoms with Gasteiger partial charge in [0.2, 0.25) is 5.91 Å². The van der Waals surface area contributed by atoms with Crippen molar-refractivity contribution in [1.29, 1.82) is 0 Å². The van der Waals surface area contributed by atoms with Crippen LogP contribution in [-0.4, -0.2) is 42.6 Å². The van der Waals surface area contributed by atoms with E-state index in [1.165, 1.54) is 12.1 Å². The molecule has 3 amide bonds. The van der Waals surface area contributed by atoms with Gasteiger partial charge in [-0.2, -0.15) is 8.78 Å². The number of carbonyl (C=O) groups excluding carboxylic acids is 2. The molecule has 0 saturated carbocycles. The second kappa shape index (κ2) is 9.86. The van der Waals surface area contributed by atoms with Crippen LogP contribution in [0, 0.1) is 0 Å². The maximum absolute atomic E-state index is 12.3. The number of ether oxygens (including phenoxy) is 1. The van der Waals surface area contributed by atoms with Crippen molar-refractivity contribution in [2.75, 3.05) is 18.4 Å². The summed E-state index contributed by atoms with van der Waals surface area (Å²) in [5.41, 5.74) is 1.46. The van der Waals surface area contributed by atoms with Crippen LogP contribution < -0.4 is 15.4 Å². The summed E-state index contributed by atoms with van der Waals surface area (Å²) in [5.74, 6) is -0.0787. The Hall–Kier alpha value is -3.16. The van der Waals surface area contributed by atoms with Gasteiger partial charge in [-0.15, -0.1) is 0 Å². The molecule has 2 aromatic carbocycles. The molecule has 0 atom stereocenters. The van der Waals surface area contributed by atoms with Gasteiger partial charge in [0.1, 0.15) is 5.75 Å². The van der Waals surface area contributed by atoms with Crippen molar-refractivity contribution in [2.45, 2.75) is 31.9 Å². The molecular formula is C21H23F2N3O3. The lowest BCUT2D eigenvalue weighted by Crippen LogP contribution is -2.48. The molecule has 29 heavy (non-hydrogen) atoms. The number of carbonyl (C=O) groups is 2. The van der Waals surface area contributed by atoms with E-state index in [0.717, 1.165) is 5.69 Å². The molecule has 0 aromatic heterocycles. The SMILES string of the molecule is O=C(Cc1ccc(OC(F)F)cc1)NC1CCN(C(=O)Nc2ccccc2)CC1. The van der Waals surface area contributed by atoms with Gasteiger partial charge in [0.25, 0.3) is 0 Å². The van der Waals surface area contributed by atoms with Crippen LogP contribution in [-0.2, 0) is 11.2 Å². The van der Waals surface area contributed by atoms with E-state index in [0.29, 0.717) is 31.5 Å². The Bertz CT molecular complexity index is 808. The van der Waals surface area contributed by atoms with Crippen LogP contribution in [0.5, 0.6) is 5.75 Å². The summed E-state index contributed by atoms with van der Waals surface area (Å²) in [6.45, 7) is -1.75. The molecule has 2 N–H and O–H groups in total. The van der Waals surface area contributed by atoms with E-state index in [4.69, 9.17) is 0 Å². The van der Waals surface area contributed by atoms with E-state index >= 15 is 0 Å². The zero-order chi connectivity index (χ0) is 20.6. The lowest BCUT2D eigenvalue weighted by molar-refractivity contribution is -0.121. The van der Waals surface area contributed by atoms with Gasteiger partial charge < -0.3 is 20.3 Å². The number of nitrogens with zero attached hydrogens (tertiary/aromatic N) is 1. The molecule has 154 valence electrons. The zero-order valence-electron chi connectivity index (χ0n) is 15.8. The van der Waals surface area contributed by atoms with Crippen molar-refractivity contribution in [3.8, 4) is 5.75 Å². The highest BCUT2D eigenvalue weighted by Gasteiger charge is 2.24. The molecule has 2 aromatic rings. The highest BCUT2D eigenvalue weighted by molar-refractivity contribution is 5.89. The molecule has 8 heteroatoms. The van der Waals surface area contributed by atoms with Crippen LogP contribution in [0.1, 0.15) is 18.4 Å². The fraction of sp³-hybridized carbons (Fsp3) is 0.333. The molecule has 6 nitrogen and oxygen atoms in total. The lowest BCUT2D eigenvalue weighted by atomic mass is 10.0. The number of rotatable bonds is 6. The highest BCUT2D eigenvalue weighted by Crippen LogP contribution is 2.16. The summed E-state index contributed by atoms with van der Waals surface area (Å²) in [7, 11) is 0. The summed E-state index contributed by atoms with van der Waals surface area (Å²) in [6.07, 6.45) is 1.51. The second-order valence-corrected chi connectivity index (χ2v) is 6.82. The number of benzene rings is 2. The summed E-state index contributed by atoms with van der Waals surface area (Å²) < 4.78 is 28.6.